The van der Waals surface area contributed by atoms with E-state index >= 15 is 0 Å². The van der Waals surface area contributed by atoms with Crippen molar-refractivity contribution in [2.24, 2.45) is 0 Å². The molecule has 0 spiro atoms. The third-order valence-electron chi connectivity index (χ3n) is 14.0. The number of fused-ring (bicyclic) bond motifs is 4. The van der Waals surface area contributed by atoms with Crippen LogP contribution in [0.3, 0.4) is 0 Å². The van der Waals surface area contributed by atoms with Crippen molar-refractivity contribution < 1.29 is 82.5 Å². The third kappa shape index (κ3) is 9.59. The van der Waals surface area contributed by atoms with E-state index < -0.39 is 292 Å². The number of aryl methyl sites for hydroxylation is 1. The molecule has 7 heteroatoms. The molecule has 12 aromatic carbocycles. The molecule has 0 saturated carbocycles. The monoisotopic (exact) mass is 1340 g/mol. The van der Waals surface area contributed by atoms with Crippen LogP contribution in [0.15, 0.2) is 309 Å². The maximum absolute atomic E-state index is 10.2. The zero-order chi connectivity index (χ0) is 89.6. The molecule has 0 bridgehead atoms. The maximum Gasteiger partial charge on any atom is 0.268 e. The molecule has 0 aliphatic rings. The van der Waals surface area contributed by atoms with Gasteiger partial charge in [0.25, 0.3) is 6.33 Å². The van der Waals surface area contributed by atoms with E-state index in [0.29, 0.717) is 16.3 Å². The normalized spacial score (nSPS) is 17.8. The number of pyridine rings is 1. The third-order valence-corrected chi connectivity index (χ3v) is 18.2. The van der Waals surface area contributed by atoms with Crippen molar-refractivity contribution in [1.82, 2.24) is 14.1 Å². The van der Waals surface area contributed by atoms with Crippen LogP contribution in [0.5, 0.6) is 11.5 Å². The van der Waals surface area contributed by atoms with Gasteiger partial charge in [0.15, 0.2) is 8.07 Å². The van der Waals surface area contributed by atoms with Gasteiger partial charge in [0.1, 0.15) is 5.82 Å². The summed E-state index contributed by atoms with van der Waals surface area (Å²) < 4.78 is 362. The first-order valence-electron chi connectivity index (χ1n) is 44.6. The quantitative estimate of drug-likeness (QED) is 0.0499. The van der Waals surface area contributed by atoms with Crippen LogP contribution in [0.2, 0.25) is 0 Å². The van der Waals surface area contributed by atoms with E-state index in [9.17, 15) is 27.4 Å². The molecule has 0 saturated heterocycles. The number of benzene rings is 12. The fourth-order valence-corrected chi connectivity index (χ4v) is 14.5. The average Bonchev–Trinajstić information content (AvgIpc) is 1.02. The van der Waals surface area contributed by atoms with Gasteiger partial charge in [-0.2, -0.15) is 18.2 Å². The molecule has 0 fully saturated rings. The number of aromatic nitrogens is 4. The number of ether oxygens (including phenoxy) is 1. The number of imidazole rings is 1. The maximum atomic E-state index is 10.2. The van der Waals surface area contributed by atoms with Crippen molar-refractivity contribution in [1.29, 1.82) is 0 Å². The summed E-state index contributed by atoms with van der Waals surface area (Å²) in [5.41, 5.74) is -5.92. The predicted octanol–water partition coefficient (Wildman–Crippen LogP) is 15.9. The Kier molecular flexibility index (Phi) is 7.07. The zero-order valence-corrected chi connectivity index (χ0v) is 47.0. The molecule has 0 aliphatic carbocycles. The second-order valence-corrected chi connectivity index (χ2v) is 22.2. The molecule has 86 heavy (non-hydrogen) atoms. The molecule has 0 atom stereocenters. The first kappa shape index (κ1) is 26.4. The minimum absolute atomic E-state index is 0. The molecule has 0 radical (unpaired) electrons. The molecule has 0 N–H and O–H groups in total. The topological polar surface area (TPSA) is 35.9 Å². The average molecular weight is 1340 g/mol. The minimum Gasteiger partial charge on any atom is -0.510 e. The number of hydrogen-bond donors (Lipinski definition) is 0. The number of para-hydroxylation sites is 1. The molecule has 0 unspecified atom stereocenters. The second-order valence-electron chi connectivity index (χ2n) is 18.7. The Morgan fingerprint density at radius 2 is 1.03 bits per heavy atom. The van der Waals surface area contributed by atoms with Gasteiger partial charge in [-0.3, -0.25) is 4.57 Å². The second kappa shape index (κ2) is 23.1. The first-order valence-corrected chi connectivity index (χ1v) is 27.6. The van der Waals surface area contributed by atoms with Gasteiger partial charge in [-0.25, -0.2) is 4.98 Å². The largest absolute Gasteiger partial charge is 0.510 e. The Hall–Kier alpha value is -10.2. The predicted molar refractivity (Wildman–Crippen MR) is 350 cm³/mol. The van der Waals surface area contributed by atoms with Crippen LogP contribution in [-0.2, 0) is 21.1 Å². The fraction of sp³-hybridized carbons (Fsp3) is 0.0127. The van der Waals surface area contributed by atoms with Gasteiger partial charge >= 0.3 is 0 Å². The van der Waals surface area contributed by atoms with Gasteiger partial charge in [0, 0.05) is 54.0 Å². The first-order chi connectivity index (χ1) is 57.8. The van der Waals surface area contributed by atoms with Crippen LogP contribution in [0.25, 0.3) is 94.5 Å². The van der Waals surface area contributed by atoms with E-state index in [0.717, 1.165) is 27.5 Å². The number of nitrogens with zero attached hydrogens (tertiary/aromatic N) is 4. The van der Waals surface area contributed by atoms with Crippen molar-refractivity contribution in [2.45, 2.75) is 6.85 Å². The smallest absolute Gasteiger partial charge is 0.268 e. The van der Waals surface area contributed by atoms with Gasteiger partial charge in [-0.1, -0.05) is 253 Å². The van der Waals surface area contributed by atoms with Crippen molar-refractivity contribution in [2.75, 3.05) is 0 Å². The van der Waals surface area contributed by atoms with Gasteiger partial charge < -0.3 is 13.9 Å². The van der Waals surface area contributed by atoms with Gasteiger partial charge in [0.05, 0.1) is 64.7 Å². The van der Waals surface area contributed by atoms with Crippen molar-refractivity contribution in [3.63, 3.8) is 0 Å². The molecule has 3 heterocycles. The summed E-state index contributed by atoms with van der Waals surface area (Å²) in [7, 11) is -6.78. The Morgan fingerprint density at radius 1 is 0.477 bits per heavy atom. The van der Waals surface area contributed by atoms with Gasteiger partial charge in [-0.15, -0.1) is 29.7 Å². The summed E-state index contributed by atoms with van der Waals surface area (Å²) in [6.45, 7) is -3.00. The summed E-state index contributed by atoms with van der Waals surface area (Å²) in [5, 5.41) is -3.35. The molecule has 15 rings (SSSR count). The summed E-state index contributed by atoms with van der Waals surface area (Å²) in [5.74, 6) is -0.334. The molecular weight excluding hydrogens is 1240 g/mol. The Labute approximate surface area is 569 Å². The molecule has 5 nitrogen and oxygen atoms in total. The van der Waals surface area contributed by atoms with E-state index in [1.54, 1.807) is 34.9 Å². The van der Waals surface area contributed by atoms with Crippen LogP contribution in [0.4, 0.5) is 0 Å². The van der Waals surface area contributed by atoms with Crippen LogP contribution in [0, 0.1) is 25.3 Å². The van der Waals surface area contributed by atoms with E-state index in [1.807, 2.05) is 0 Å². The van der Waals surface area contributed by atoms with Crippen molar-refractivity contribution >= 4 is 61.7 Å². The summed E-state index contributed by atoms with van der Waals surface area (Å²) >= 11 is 0. The molecule has 3 aromatic heterocycles. The minimum atomic E-state index is -6.78. The van der Waals surface area contributed by atoms with E-state index in [2.05, 4.69) is 23.4 Å². The molecule has 412 valence electrons. The van der Waals surface area contributed by atoms with Crippen LogP contribution in [0.1, 0.15) is 57.7 Å². The van der Waals surface area contributed by atoms with Crippen LogP contribution < -0.4 is 30.1 Å². The van der Waals surface area contributed by atoms with E-state index in [1.165, 1.54) is 48.5 Å². The Balaban J connectivity index is 0.0000125. The fourth-order valence-electron chi connectivity index (χ4n) is 10.4. The molecule has 15 aromatic rings. The molecule has 0 amide bonds. The van der Waals surface area contributed by atoms with Crippen molar-refractivity contribution in [3.8, 4) is 73.2 Å². The molecular formula is C79H54N4OPtSi-2. The number of hydrogen-bond acceptors (Lipinski definition) is 2. The van der Waals surface area contributed by atoms with E-state index in [-0.39, 0.29) is 71.7 Å². The Morgan fingerprint density at radius 3 is 1.65 bits per heavy atom. The summed E-state index contributed by atoms with van der Waals surface area (Å²) in [6, 6.07) is -9.69. The van der Waals surface area contributed by atoms with Crippen LogP contribution >= 0.6 is 0 Å². The van der Waals surface area contributed by atoms with Crippen molar-refractivity contribution in [3.05, 3.63) is 333 Å². The SMILES string of the molecule is [2H]c1c([2H])c([2H])c(-c2cc(-c3c([2H])c([2H])c([2H])c([2H])c3[2H])c(-[n+]3[c-]n(-c4[c-]c(Oc5[c-]c6c(cc5)c5ccccc5n6-c5cc(C([2H])([2H])[2H])c(-c6c([2H])c([2H])c([2H])c([2H])c6[2H])cn5)ccc4)c4cc(-c5c([2H])c([2H])c([2H])c([2H])c5[2H])ccc43)c([Si](c3c([2H])c([2H])c([2H])c([2H])c3[2H])(c3c([2H])c([2H])c([2H])c([2H])c3[2H])c3c([2H])c([2H])c([2H])c([2H])c3[2H])c2)c([2H])c1[2H].[Pt]. The summed E-state index contributed by atoms with van der Waals surface area (Å²) in [4.78, 5) is 4.65. The van der Waals surface area contributed by atoms with Crippen LogP contribution in [-0.4, -0.2) is 22.2 Å². The zero-order valence-electron chi connectivity index (χ0n) is 81.8. The Bertz CT molecular complexity index is 6880. The standard InChI is InChI=1S/C79H54N4OSi.Pt/c1-56-48-78(80-54-72(56)60-32-15-5-16-33-60)83-73-43-24-23-42-69(73)70-46-45-65(53-75(70)83)84-64-35-25-34-63(52-64)81-55-82(74-47-44-61(50-76(74)81)57-26-9-2-10-27-57)79-71(59-30-13-4-14-31-59)49-62(58-28-11-3-12-29-58)51-77(79)85(66-36-17-6-18-37-66,67-38-19-7-20-39-67)68-40-21-8-22-41-68;/h2-51,54H,1H3;/q-2;/i1D3,2D,3D,4D,5D,6D,7D,8D,9D,10D,11D,12D,13D,14D,15D,16D,17D,18D,19D,20D,21D,22D,26D,27D,28D,29D,30D,31D,32D,33D,36D,37D,38D,39D,40D,41D;. The summed E-state index contributed by atoms with van der Waals surface area (Å²) in [6.07, 6.45) is 4.25. The van der Waals surface area contributed by atoms with Gasteiger partial charge in [0.2, 0.25) is 0 Å². The van der Waals surface area contributed by atoms with Gasteiger partial charge in [-0.05, 0) is 107 Å². The van der Waals surface area contributed by atoms with E-state index in [4.69, 9.17) is 29.4 Å². The molecule has 0 aliphatic heterocycles. The number of rotatable bonds is 13.